The third kappa shape index (κ3) is 7.80. The van der Waals surface area contributed by atoms with Gasteiger partial charge in [-0.2, -0.15) is 0 Å². The van der Waals surface area contributed by atoms with Crippen molar-refractivity contribution in [2.45, 2.75) is 72.6 Å². The zero-order valence-corrected chi connectivity index (χ0v) is 17.8. The van der Waals surface area contributed by atoms with E-state index in [0.717, 1.165) is 0 Å². The van der Waals surface area contributed by atoms with Gasteiger partial charge in [-0.15, -0.1) is 0 Å². The molecule has 0 fully saturated rings. The molecular weight excluding hydrogens is 373 g/mol. The molecular formula is C20H35NSn. The van der Waals surface area contributed by atoms with E-state index in [-0.39, 0.29) is 0 Å². The van der Waals surface area contributed by atoms with Gasteiger partial charge in [-0.25, -0.2) is 0 Å². The van der Waals surface area contributed by atoms with Crippen molar-refractivity contribution in [1.29, 1.82) is 0 Å². The van der Waals surface area contributed by atoms with Crippen LogP contribution in [-0.4, -0.2) is 29.2 Å². The molecule has 124 valence electrons. The van der Waals surface area contributed by atoms with E-state index in [1.165, 1.54) is 48.6 Å². The maximum atomic E-state index is 4.94. The number of hydrogen-bond acceptors (Lipinski definition) is 1. The van der Waals surface area contributed by atoms with E-state index in [0.29, 0.717) is 0 Å². The third-order valence-electron chi connectivity index (χ3n) is 4.65. The van der Waals surface area contributed by atoms with Gasteiger partial charge in [-0.05, 0) is 0 Å². The van der Waals surface area contributed by atoms with Gasteiger partial charge >= 0.3 is 143 Å². The zero-order valence-electron chi connectivity index (χ0n) is 15.0. The SMILES string of the molecule is CCC[CH2][Sn]([CH2]CCC)([CH2]CCC)[CH2]/N=C/c1ccccc1. The Kier molecular flexibility index (Phi) is 10.9. The molecule has 0 saturated heterocycles. The molecule has 2 heteroatoms. The maximum absolute atomic E-state index is 4.94. The molecule has 1 aromatic rings. The predicted octanol–water partition coefficient (Wildman–Crippen LogP) is 6.49. The van der Waals surface area contributed by atoms with Crippen LogP contribution in [-0.2, 0) is 0 Å². The molecule has 0 radical (unpaired) electrons. The Labute approximate surface area is 142 Å². The van der Waals surface area contributed by atoms with Gasteiger partial charge in [0.15, 0.2) is 0 Å². The summed E-state index contributed by atoms with van der Waals surface area (Å²) in [5, 5.41) is 0. The standard InChI is InChI=1S/C8H8N.3C4H9.Sn/c1-9-7-8-5-3-2-4-6-8;3*1-3-4-2;/h2-7H,1H2;3*1,3-4H2,2H3;/b9-7+;;;;. The third-order valence-corrected chi connectivity index (χ3v) is 19.2. The van der Waals surface area contributed by atoms with E-state index in [2.05, 4.69) is 57.3 Å². The van der Waals surface area contributed by atoms with Gasteiger partial charge in [0.2, 0.25) is 0 Å². The molecule has 0 spiro atoms. The van der Waals surface area contributed by atoms with Crippen molar-refractivity contribution in [1.82, 2.24) is 0 Å². The van der Waals surface area contributed by atoms with Crippen LogP contribution >= 0.6 is 0 Å². The molecule has 0 heterocycles. The van der Waals surface area contributed by atoms with Gasteiger partial charge in [0.1, 0.15) is 0 Å². The van der Waals surface area contributed by atoms with E-state index in [1.54, 1.807) is 13.3 Å². The first kappa shape index (κ1) is 19.7. The molecule has 1 rings (SSSR count). The summed E-state index contributed by atoms with van der Waals surface area (Å²) < 4.78 is 5.87. The van der Waals surface area contributed by atoms with Crippen LogP contribution in [0, 0.1) is 0 Å². The summed E-state index contributed by atoms with van der Waals surface area (Å²) in [6, 6.07) is 10.6. The number of nitrogens with zero attached hydrogens (tertiary/aromatic N) is 1. The summed E-state index contributed by atoms with van der Waals surface area (Å²) >= 11 is -2.05. The summed E-state index contributed by atoms with van der Waals surface area (Å²) in [7, 11) is 0. The van der Waals surface area contributed by atoms with Crippen molar-refractivity contribution in [3.63, 3.8) is 0 Å². The molecule has 1 aromatic carbocycles. The molecule has 0 aromatic heterocycles. The van der Waals surface area contributed by atoms with Gasteiger partial charge < -0.3 is 0 Å². The Morgan fingerprint density at radius 3 is 1.77 bits per heavy atom. The second-order valence-corrected chi connectivity index (χ2v) is 20.4. The van der Waals surface area contributed by atoms with Crippen LogP contribution in [0.4, 0.5) is 0 Å². The summed E-state index contributed by atoms with van der Waals surface area (Å²) in [4.78, 5) is 4.94. The second kappa shape index (κ2) is 12.2. The van der Waals surface area contributed by atoms with E-state index in [1.807, 2.05) is 0 Å². The average molecular weight is 408 g/mol. The molecule has 0 unspecified atom stereocenters. The van der Waals surface area contributed by atoms with E-state index < -0.39 is 18.4 Å². The molecule has 0 atom stereocenters. The van der Waals surface area contributed by atoms with Gasteiger partial charge in [-0.3, -0.25) is 0 Å². The second-order valence-electron chi connectivity index (χ2n) is 6.69. The average Bonchev–Trinajstić information content (AvgIpc) is 2.57. The number of hydrogen-bond donors (Lipinski definition) is 0. The minimum atomic E-state index is -2.05. The van der Waals surface area contributed by atoms with Crippen LogP contribution < -0.4 is 0 Å². The Morgan fingerprint density at radius 2 is 1.32 bits per heavy atom. The Balaban J connectivity index is 2.73. The fraction of sp³-hybridized carbons (Fsp3) is 0.650. The Morgan fingerprint density at radius 1 is 0.818 bits per heavy atom. The van der Waals surface area contributed by atoms with E-state index in [9.17, 15) is 0 Å². The van der Waals surface area contributed by atoms with Gasteiger partial charge in [0, 0.05) is 0 Å². The van der Waals surface area contributed by atoms with Crippen molar-refractivity contribution < 1.29 is 0 Å². The van der Waals surface area contributed by atoms with Crippen LogP contribution in [0.15, 0.2) is 35.3 Å². The van der Waals surface area contributed by atoms with Crippen molar-refractivity contribution in [3.8, 4) is 0 Å². The first-order valence-corrected chi connectivity index (χ1v) is 17.4. The number of aliphatic imine (C=N–C) groups is 1. The molecule has 0 saturated carbocycles. The summed E-state index contributed by atoms with van der Waals surface area (Å²) in [5.41, 5.74) is 1.25. The molecule has 0 aliphatic heterocycles. The molecule has 1 nitrogen and oxygen atoms in total. The van der Waals surface area contributed by atoms with Crippen molar-refractivity contribution in [2.24, 2.45) is 4.99 Å². The number of rotatable bonds is 12. The van der Waals surface area contributed by atoms with Crippen LogP contribution in [0.1, 0.15) is 64.9 Å². The summed E-state index contributed by atoms with van der Waals surface area (Å²) in [5.74, 6) is 0. The quantitative estimate of drug-likeness (QED) is 0.277. The topological polar surface area (TPSA) is 12.4 Å². The normalized spacial score (nSPS) is 12.1. The van der Waals surface area contributed by atoms with E-state index in [4.69, 9.17) is 4.99 Å². The first-order chi connectivity index (χ1) is 10.8. The molecule has 0 aliphatic rings. The zero-order chi connectivity index (χ0) is 16.1. The monoisotopic (exact) mass is 409 g/mol. The van der Waals surface area contributed by atoms with Crippen molar-refractivity contribution in [3.05, 3.63) is 35.9 Å². The molecule has 22 heavy (non-hydrogen) atoms. The minimum absolute atomic E-state index is 1.21. The van der Waals surface area contributed by atoms with Gasteiger partial charge in [0.25, 0.3) is 0 Å². The predicted molar refractivity (Wildman–Crippen MR) is 104 cm³/mol. The number of unbranched alkanes of at least 4 members (excludes halogenated alkanes) is 3. The number of benzene rings is 1. The van der Waals surface area contributed by atoms with Crippen LogP contribution in [0.2, 0.25) is 13.3 Å². The molecule has 0 N–H and O–H groups in total. The summed E-state index contributed by atoms with van der Waals surface area (Å²) in [6.07, 6.45) is 10.5. The van der Waals surface area contributed by atoms with Gasteiger partial charge in [0.05, 0.1) is 0 Å². The van der Waals surface area contributed by atoms with Crippen LogP contribution in [0.25, 0.3) is 0 Å². The Hall–Kier alpha value is -0.311. The van der Waals surface area contributed by atoms with Crippen molar-refractivity contribution in [2.75, 3.05) is 4.56 Å². The first-order valence-electron chi connectivity index (χ1n) is 9.31. The van der Waals surface area contributed by atoms with E-state index >= 15 is 0 Å². The molecule has 0 amide bonds. The van der Waals surface area contributed by atoms with Gasteiger partial charge in [-0.1, -0.05) is 0 Å². The Bertz CT molecular complexity index is 378. The summed E-state index contributed by atoms with van der Waals surface area (Å²) in [6.45, 7) is 7.01. The van der Waals surface area contributed by atoms with Crippen LogP contribution in [0.5, 0.6) is 0 Å². The fourth-order valence-corrected chi connectivity index (χ4v) is 17.5. The van der Waals surface area contributed by atoms with Crippen molar-refractivity contribution >= 4 is 24.6 Å². The van der Waals surface area contributed by atoms with Crippen LogP contribution in [0.3, 0.4) is 0 Å². The fourth-order valence-electron chi connectivity index (χ4n) is 3.15. The molecule has 0 bridgehead atoms. The molecule has 0 aliphatic carbocycles.